The average Bonchev–Trinajstić information content (AvgIpc) is 2.27. The molecule has 0 radical (unpaired) electrons. The SMILES string of the molecule is NCCNC(N)=O.O=[N+]([O-])c1ccc(O)cc1. The molecule has 0 fully saturated rings. The molecule has 0 aliphatic heterocycles. The first-order valence-electron chi connectivity index (χ1n) is 4.64. The number of carbonyl (C=O) groups is 1. The number of benzene rings is 1. The number of rotatable bonds is 3. The van der Waals surface area contributed by atoms with E-state index in [1.165, 1.54) is 24.3 Å². The van der Waals surface area contributed by atoms with E-state index in [-0.39, 0.29) is 11.4 Å². The molecule has 1 aromatic carbocycles. The molecule has 0 bridgehead atoms. The van der Waals surface area contributed by atoms with Crippen LogP contribution < -0.4 is 16.8 Å². The van der Waals surface area contributed by atoms with E-state index >= 15 is 0 Å². The molecule has 0 saturated heterocycles. The molecule has 0 aliphatic rings. The number of hydrogen-bond acceptors (Lipinski definition) is 5. The Hall–Kier alpha value is -2.35. The summed E-state index contributed by atoms with van der Waals surface area (Å²) in [6.07, 6.45) is 0. The Balaban J connectivity index is 0.000000325. The van der Waals surface area contributed by atoms with Gasteiger partial charge in [-0.1, -0.05) is 0 Å². The van der Waals surface area contributed by atoms with Gasteiger partial charge in [-0.2, -0.15) is 0 Å². The molecule has 6 N–H and O–H groups in total. The van der Waals surface area contributed by atoms with Crippen molar-refractivity contribution in [3.8, 4) is 5.75 Å². The van der Waals surface area contributed by atoms with E-state index < -0.39 is 11.0 Å². The third-order valence-electron chi connectivity index (χ3n) is 1.50. The van der Waals surface area contributed by atoms with Crippen LogP contribution in [-0.4, -0.2) is 29.2 Å². The van der Waals surface area contributed by atoms with Crippen LogP contribution in [0, 0.1) is 10.1 Å². The summed E-state index contributed by atoms with van der Waals surface area (Å²) < 4.78 is 0. The molecule has 0 spiro atoms. The summed E-state index contributed by atoms with van der Waals surface area (Å²) in [7, 11) is 0. The monoisotopic (exact) mass is 242 g/mol. The summed E-state index contributed by atoms with van der Waals surface area (Å²) in [6.45, 7) is 0.887. The Morgan fingerprint density at radius 3 is 2.24 bits per heavy atom. The van der Waals surface area contributed by atoms with Gasteiger partial charge < -0.3 is 21.9 Å². The van der Waals surface area contributed by atoms with E-state index in [0.29, 0.717) is 13.1 Å². The second-order valence-corrected chi connectivity index (χ2v) is 2.85. The standard InChI is InChI=1S/C6H5NO3.C3H9N3O/c8-6-3-1-5(2-4-6)7(9)10;4-1-2-6-3(5)7/h1-4,8H;1-2,4H2,(H3,5,6,7). The highest BCUT2D eigenvalue weighted by molar-refractivity contribution is 5.71. The largest absolute Gasteiger partial charge is 0.508 e. The van der Waals surface area contributed by atoms with Crippen LogP contribution >= 0.6 is 0 Å². The molecule has 1 rings (SSSR count). The first-order valence-corrected chi connectivity index (χ1v) is 4.64. The molecular formula is C9H14N4O4. The topological polar surface area (TPSA) is 145 Å². The third-order valence-corrected chi connectivity index (χ3v) is 1.50. The Morgan fingerprint density at radius 2 is 1.94 bits per heavy atom. The molecule has 17 heavy (non-hydrogen) atoms. The minimum atomic E-state index is -0.523. The van der Waals surface area contributed by atoms with Crippen molar-refractivity contribution in [2.75, 3.05) is 13.1 Å². The number of nitrogens with two attached hydrogens (primary N) is 2. The second-order valence-electron chi connectivity index (χ2n) is 2.85. The Labute approximate surface area is 97.4 Å². The molecule has 2 amide bonds. The van der Waals surface area contributed by atoms with Gasteiger partial charge in [0.2, 0.25) is 0 Å². The van der Waals surface area contributed by atoms with Gasteiger partial charge in [0.05, 0.1) is 4.92 Å². The Kier molecular flexibility index (Phi) is 6.79. The highest BCUT2D eigenvalue weighted by Crippen LogP contribution is 2.14. The number of carbonyl (C=O) groups excluding carboxylic acids is 1. The summed E-state index contributed by atoms with van der Waals surface area (Å²) in [6, 6.07) is 4.52. The van der Waals surface area contributed by atoms with Crippen LogP contribution in [0.5, 0.6) is 5.75 Å². The van der Waals surface area contributed by atoms with E-state index in [1.807, 2.05) is 0 Å². The smallest absolute Gasteiger partial charge is 0.312 e. The zero-order chi connectivity index (χ0) is 13.3. The molecule has 0 heterocycles. The average molecular weight is 242 g/mol. The quantitative estimate of drug-likeness (QED) is 0.432. The predicted molar refractivity (Wildman–Crippen MR) is 61.4 cm³/mol. The predicted octanol–water partition coefficient (Wildman–Crippen LogP) is -0.0862. The molecular weight excluding hydrogens is 228 g/mol. The lowest BCUT2D eigenvalue weighted by Gasteiger charge is -1.93. The van der Waals surface area contributed by atoms with Gasteiger partial charge in [-0.15, -0.1) is 0 Å². The first kappa shape index (κ1) is 14.6. The maximum absolute atomic E-state index is 10.0. The number of nitrogens with zero attached hydrogens (tertiary/aromatic N) is 1. The van der Waals surface area contributed by atoms with Crippen LogP contribution in [0.25, 0.3) is 0 Å². The molecule has 0 aliphatic carbocycles. The maximum atomic E-state index is 10.0. The van der Waals surface area contributed by atoms with Crippen LogP contribution in [0.4, 0.5) is 10.5 Å². The highest BCUT2D eigenvalue weighted by atomic mass is 16.6. The number of non-ortho nitro benzene ring substituents is 1. The van der Waals surface area contributed by atoms with E-state index in [1.54, 1.807) is 0 Å². The number of nitro benzene ring substituents is 1. The Morgan fingerprint density at radius 1 is 1.41 bits per heavy atom. The molecule has 0 saturated carbocycles. The van der Waals surface area contributed by atoms with Crippen molar-refractivity contribution in [2.24, 2.45) is 11.5 Å². The van der Waals surface area contributed by atoms with Crippen LogP contribution in [0.15, 0.2) is 24.3 Å². The van der Waals surface area contributed by atoms with Gasteiger partial charge in [-0.25, -0.2) is 4.79 Å². The summed E-state index contributed by atoms with van der Waals surface area (Å²) in [4.78, 5) is 19.3. The van der Waals surface area contributed by atoms with Crippen molar-refractivity contribution in [1.82, 2.24) is 5.32 Å². The lowest BCUT2D eigenvalue weighted by molar-refractivity contribution is -0.384. The molecule has 0 unspecified atom stereocenters. The van der Waals surface area contributed by atoms with Gasteiger partial charge in [-0.05, 0) is 12.1 Å². The number of amides is 2. The number of phenols is 1. The van der Waals surface area contributed by atoms with E-state index in [0.717, 1.165) is 0 Å². The van der Waals surface area contributed by atoms with Crippen molar-refractivity contribution in [3.63, 3.8) is 0 Å². The van der Waals surface area contributed by atoms with Gasteiger partial charge in [0, 0.05) is 25.2 Å². The van der Waals surface area contributed by atoms with E-state index in [2.05, 4.69) is 11.1 Å². The number of nitrogens with one attached hydrogen (secondary N) is 1. The summed E-state index contributed by atoms with van der Waals surface area (Å²) in [5.41, 5.74) is 9.66. The number of urea groups is 1. The minimum Gasteiger partial charge on any atom is -0.508 e. The molecule has 0 aromatic heterocycles. The number of primary amides is 1. The van der Waals surface area contributed by atoms with Crippen LogP contribution in [-0.2, 0) is 0 Å². The fourth-order valence-electron chi connectivity index (χ4n) is 0.770. The second kappa shape index (κ2) is 7.88. The fourth-order valence-corrected chi connectivity index (χ4v) is 0.770. The van der Waals surface area contributed by atoms with Crippen molar-refractivity contribution in [2.45, 2.75) is 0 Å². The normalized spacial score (nSPS) is 8.76. The molecule has 0 atom stereocenters. The number of phenolic OH excluding ortho intramolecular Hbond substituents is 1. The molecule has 8 nitrogen and oxygen atoms in total. The van der Waals surface area contributed by atoms with Gasteiger partial charge in [0.1, 0.15) is 5.75 Å². The Bertz CT molecular complexity index is 366. The minimum absolute atomic E-state index is 0.0159. The summed E-state index contributed by atoms with van der Waals surface area (Å²) in [5, 5.41) is 21.1. The third kappa shape index (κ3) is 7.56. The fraction of sp³-hybridized carbons (Fsp3) is 0.222. The van der Waals surface area contributed by atoms with Crippen molar-refractivity contribution >= 4 is 11.7 Å². The van der Waals surface area contributed by atoms with Gasteiger partial charge in [-0.3, -0.25) is 10.1 Å². The van der Waals surface area contributed by atoms with Gasteiger partial charge in [0.15, 0.2) is 0 Å². The van der Waals surface area contributed by atoms with E-state index in [4.69, 9.17) is 10.8 Å². The number of aromatic hydroxyl groups is 1. The molecule has 8 heteroatoms. The molecule has 1 aromatic rings. The highest BCUT2D eigenvalue weighted by Gasteiger charge is 2.01. The number of nitro groups is 1. The molecule has 94 valence electrons. The van der Waals surface area contributed by atoms with Crippen LogP contribution in [0.3, 0.4) is 0 Å². The van der Waals surface area contributed by atoms with Crippen molar-refractivity contribution < 1.29 is 14.8 Å². The number of hydrogen-bond donors (Lipinski definition) is 4. The van der Waals surface area contributed by atoms with Crippen molar-refractivity contribution in [3.05, 3.63) is 34.4 Å². The maximum Gasteiger partial charge on any atom is 0.312 e. The lowest BCUT2D eigenvalue weighted by Crippen LogP contribution is -2.33. The summed E-state index contributed by atoms with van der Waals surface area (Å²) >= 11 is 0. The summed E-state index contributed by atoms with van der Waals surface area (Å²) in [5.74, 6) is 0.0330. The van der Waals surface area contributed by atoms with Crippen LogP contribution in [0.1, 0.15) is 0 Å². The van der Waals surface area contributed by atoms with Gasteiger partial charge in [0.25, 0.3) is 5.69 Å². The van der Waals surface area contributed by atoms with Crippen LogP contribution in [0.2, 0.25) is 0 Å². The lowest BCUT2D eigenvalue weighted by atomic mass is 10.3. The van der Waals surface area contributed by atoms with Gasteiger partial charge >= 0.3 is 6.03 Å². The zero-order valence-electron chi connectivity index (χ0n) is 9.00. The first-order chi connectivity index (χ1) is 7.97. The van der Waals surface area contributed by atoms with Crippen molar-refractivity contribution in [1.29, 1.82) is 0 Å². The van der Waals surface area contributed by atoms with E-state index in [9.17, 15) is 14.9 Å². The zero-order valence-corrected chi connectivity index (χ0v) is 9.00.